The van der Waals surface area contributed by atoms with Gasteiger partial charge < -0.3 is 14.2 Å². The summed E-state index contributed by atoms with van der Waals surface area (Å²) >= 11 is 6.11. The van der Waals surface area contributed by atoms with Crippen LogP contribution in [0.5, 0.6) is 5.75 Å². The van der Waals surface area contributed by atoms with E-state index < -0.39 is 10.0 Å². The number of aryl methyl sites for hydroxylation is 1. The van der Waals surface area contributed by atoms with E-state index in [-0.39, 0.29) is 32.9 Å². The molecule has 1 amide bonds. The number of carbonyl (C=O) groups is 1. The molecule has 2 bridgehead atoms. The first-order chi connectivity index (χ1) is 23.4. The van der Waals surface area contributed by atoms with Crippen molar-refractivity contribution in [3.8, 4) is 5.75 Å². The van der Waals surface area contributed by atoms with Gasteiger partial charge in [0.25, 0.3) is 5.91 Å². The molecule has 49 heavy (non-hydrogen) atoms. The highest BCUT2D eigenvalue weighted by Gasteiger charge is 2.44. The number of fused-ring (bicyclic) bond motifs is 3. The Hall–Kier alpha value is -3.44. The number of nitrogens with zero attached hydrogens (tertiary/aromatic N) is 4. The fourth-order valence-electron chi connectivity index (χ4n) is 8.82. The average molecular weight is 704 g/mol. The van der Waals surface area contributed by atoms with Gasteiger partial charge in [-0.1, -0.05) is 35.9 Å². The number of aromatic nitrogens is 2. The molecular formula is C38H46ClN5O4S. The number of imidazole rings is 1. The number of hydrogen-bond donors (Lipinski definition) is 1. The molecule has 0 spiro atoms. The Morgan fingerprint density at radius 3 is 2.41 bits per heavy atom. The predicted octanol–water partition coefficient (Wildman–Crippen LogP) is 6.86. The molecule has 3 aliphatic heterocycles. The van der Waals surface area contributed by atoms with Crippen molar-refractivity contribution < 1.29 is 17.9 Å². The van der Waals surface area contributed by atoms with Crippen LogP contribution < -0.4 is 9.88 Å². The minimum atomic E-state index is -4.06. The lowest BCUT2D eigenvalue weighted by Gasteiger charge is -2.46. The first-order valence-corrected chi connectivity index (χ1v) is 19.4. The molecule has 0 saturated carbocycles. The van der Waals surface area contributed by atoms with Crippen LogP contribution in [-0.2, 0) is 15.4 Å². The van der Waals surface area contributed by atoms with Crippen molar-refractivity contribution in [2.75, 3.05) is 19.6 Å². The number of nitrogens with two attached hydrogens (primary N) is 1. The maximum Gasteiger partial charge on any atom is 0.253 e. The summed E-state index contributed by atoms with van der Waals surface area (Å²) in [6, 6.07) is 22.8. The summed E-state index contributed by atoms with van der Waals surface area (Å²) in [4.78, 5) is 22.9. The molecule has 3 aliphatic rings. The van der Waals surface area contributed by atoms with E-state index in [1.807, 2.05) is 24.8 Å². The molecule has 260 valence electrons. The van der Waals surface area contributed by atoms with E-state index in [9.17, 15) is 13.2 Å². The van der Waals surface area contributed by atoms with Crippen LogP contribution in [0, 0.1) is 6.92 Å². The lowest BCUT2D eigenvalue weighted by atomic mass is 9.70. The normalized spacial score (nSPS) is 22.6. The Morgan fingerprint density at radius 2 is 1.71 bits per heavy atom. The number of sulfonamides is 1. The zero-order valence-corrected chi connectivity index (χ0v) is 30.1. The Morgan fingerprint density at radius 1 is 1.00 bits per heavy atom. The zero-order chi connectivity index (χ0) is 34.5. The highest BCUT2D eigenvalue weighted by molar-refractivity contribution is 7.89. The van der Waals surface area contributed by atoms with Crippen molar-refractivity contribution >= 4 is 38.6 Å². The molecule has 1 unspecified atom stereocenters. The van der Waals surface area contributed by atoms with Crippen molar-refractivity contribution in [1.29, 1.82) is 0 Å². The summed E-state index contributed by atoms with van der Waals surface area (Å²) in [5.74, 6) is 1.75. The van der Waals surface area contributed by atoms with Gasteiger partial charge in [0.05, 0.1) is 22.2 Å². The van der Waals surface area contributed by atoms with Crippen molar-refractivity contribution in [3.63, 3.8) is 0 Å². The third-order valence-corrected chi connectivity index (χ3v) is 12.5. The monoisotopic (exact) mass is 703 g/mol. The molecule has 9 nitrogen and oxygen atoms in total. The topological polar surface area (TPSA) is 111 Å². The highest BCUT2D eigenvalue weighted by atomic mass is 35.5. The molecule has 4 aromatic rings. The Balaban J connectivity index is 1.10. The molecule has 3 aromatic carbocycles. The van der Waals surface area contributed by atoms with Crippen LogP contribution in [0.4, 0.5) is 0 Å². The number of hydrogen-bond acceptors (Lipinski definition) is 6. The van der Waals surface area contributed by atoms with Gasteiger partial charge in [0.2, 0.25) is 10.0 Å². The van der Waals surface area contributed by atoms with E-state index in [0.717, 1.165) is 55.7 Å². The Bertz CT molecular complexity index is 1960. The Labute approximate surface area is 294 Å². The summed E-state index contributed by atoms with van der Waals surface area (Å²) in [5, 5.41) is 5.38. The fourth-order valence-corrected chi connectivity index (χ4v) is 9.89. The lowest BCUT2D eigenvalue weighted by Crippen LogP contribution is -2.49. The second-order valence-electron chi connectivity index (χ2n) is 14.5. The SMILES string of the molecule is Cc1nc2ccccc2n1C1C[C@H]2CC[C@@H](C1)N2CCC1(c2cccc(OC(C)C)c2)CCN(C(=O)c2ccc(Cl)c(S(N)(=O)=O)c2)CC1. The van der Waals surface area contributed by atoms with Crippen molar-refractivity contribution in [2.45, 2.75) is 100 Å². The van der Waals surface area contributed by atoms with Crippen molar-refractivity contribution in [3.05, 3.63) is 88.7 Å². The maximum atomic E-state index is 13.7. The van der Waals surface area contributed by atoms with E-state index in [1.54, 1.807) is 6.07 Å². The van der Waals surface area contributed by atoms with Gasteiger partial charge in [0.15, 0.2) is 0 Å². The van der Waals surface area contributed by atoms with Crippen molar-refractivity contribution in [1.82, 2.24) is 19.4 Å². The third-order valence-electron chi connectivity index (χ3n) is 11.2. The summed E-state index contributed by atoms with van der Waals surface area (Å²) in [7, 11) is -4.06. The standard InChI is InChI=1S/C38H46ClN5O4S/c1-25(2)48-32-8-6-7-28(22-32)38(15-18-42(19-16-38)37(45)27-11-14-33(39)36(21-27)49(40,46)47)17-20-43-29-12-13-30(43)24-31(23-29)44-26(3)41-34-9-4-5-10-35(34)44/h4-11,14,21-22,25,29-31H,12-13,15-20,23-24H2,1-3H3,(H2,40,46,47)/t29-,30+,31?. The van der Waals surface area contributed by atoms with Gasteiger partial charge in [0.1, 0.15) is 16.5 Å². The van der Waals surface area contributed by atoms with E-state index in [2.05, 4.69) is 58.9 Å². The summed E-state index contributed by atoms with van der Waals surface area (Å²) in [6.45, 7) is 8.34. The molecule has 1 aromatic heterocycles. The first kappa shape index (κ1) is 34.0. The predicted molar refractivity (Wildman–Crippen MR) is 193 cm³/mol. The number of halogens is 1. The van der Waals surface area contributed by atoms with Gasteiger partial charge in [0, 0.05) is 42.2 Å². The minimum Gasteiger partial charge on any atom is -0.491 e. The van der Waals surface area contributed by atoms with Crippen LogP contribution in [0.2, 0.25) is 5.02 Å². The second-order valence-corrected chi connectivity index (χ2v) is 16.4. The van der Waals surface area contributed by atoms with Crippen LogP contribution in [0.25, 0.3) is 11.0 Å². The number of primary sulfonamides is 1. The van der Waals surface area contributed by atoms with Crippen LogP contribution in [0.1, 0.15) is 86.6 Å². The van der Waals surface area contributed by atoms with Crippen LogP contribution in [0.3, 0.4) is 0 Å². The molecule has 11 heteroatoms. The van der Waals surface area contributed by atoms with Crippen molar-refractivity contribution in [2.24, 2.45) is 5.14 Å². The molecular weight excluding hydrogens is 658 g/mol. The number of ether oxygens (including phenoxy) is 1. The first-order valence-electron chi connectivity index (χ1n) is 17.5. The summed E-state index contributed by atoms with van der Waals surface area (Å²) in [5.41, 5.74) is 3.70. The summed E-state index contributed by atoms with van der Waals surface area (Å²) in [6.07, 6.45) is 7.36. The molecule has 0 radical (unpaired) electrons. The number of amides is 1. The van der Waals surface area contributed by atoms with Gasteiger partial charge in [-0.15, -0.1) is 0 Å². The Kier molecular flexibility index (Phi) is 9.28. The minimum absolute atomic E-state index is 0.00622. The molecule has 2 N–H and O–H groups in total. The second kappa shape index (κ2) is 13.4. The zero-order valence-electron chi connectivity index (χ0n) is 28.5. The summed E-state index contributed by atoms with van der Waals surface area (Å²) < 4.78 is 32.8. The number of likely N-dealkylation sites (tertiary alicyclic amines) is 1. The van der Waals surface area contributed by atoms with Crippen LogP contribution in [-0.4, -0.2) is 71.5 Å². The molecule has 7 rings (SSSR count). The number of para-hydroxylation sites is 2. The molecule has 4 heterocycles. The quantitative estimate of drug-likeness (QED) is 0.204. The molecule has 3 fully saturated rings. The highest BCUT2D eigenvalue weighted by Crippen LogP contribution is 2.45. The number of piperidine rings is 2. The number of benzene rings is 3. The van der Waals surface area contributed by atoms with Crippen LogP contribution in [0.15, 0.2) is 71.6 Å². The number of carbonyl (C=O) groups excluding carboxylic acids is 1. The smallest absolute Gasteiger partial charge is 0.253 e. The largest absolute Gasteiger partial charge is 0.491 e. The molecule has 0 aliphatic carbocycles. The maximum absolute atomic E-state index is 13.7. The van der Waals surface area contributed by atoms with Gasteiger partial charge in [-0.05, 0) is 120 Å². The van der Waals surface area contributed by atoms with E-state index >= 15 is 0 Å². The van der Waals surface area contributed by atoms with Gasteiger partial charge in [-0.3, -0.25) is 9.69 Å². The lowest BCUT2D eigenvalue weighted by molar-refractivity contribution is 0.0606. The molecule has 3 saturated heterocycles. The van der Waals surface area contributed by atoms with Gasteiger partial charge in [-0.2, -0.15) is 0 Å². The molecule has 3 atom stereocenters. The van der Waals surface area contributed by atoms with Gasteiger partial charge >= 0.3 is 0 Å². The van der Waals surface area contributed by atoms with E-state index in [4.69, 9.17) is 26.5 Å². The number of rotatable bonds is 9. The third kappa shape index (κ3) is 6.72. The van der Waals surface area contributed by atoms with Gasteiger partial charge in [-0.25, -0.2) is 18.5 Å². The van der Waals surface area contributed by atoms with Crippen LogP contribution >= 0.6 is 11.6 Å². The average Bonchev–Trinajstić information content (AvgIpc) is 3.53. The fraction of sp³-hybridized carbons (Fsp3) is 0.474. The van der Waals surface area contributed by atoms with E-state index in [1.165, 1.54) is 36.1 Å². The van der Waals surface area contributed by atoms with E-state index in [0.29, 0.717) is 31.2 Å².